The highest BCUT2D eigenvalue weighted by Crippen LogP contribution is 2.48. The van der Waals surface area contributed by atoms with E-state index < -0.39 is 28.3 Å². The molecule has 2 aromatic rings. The smallest absolute Gasteiger partial charge is 0.230 e. The largest absolute Gasteiger partial charge is 0.507 e. The predicted octanol–water partition coefficient (Wildman–Crippen LogP) is 7.07. The Hall–Kier alpha value is -2.75. The topological polar surface area (TPSA) is 71.4 Å². The first kappa shape index (κ1) is 26.3. The quantitative estimate of drug-likeness (QED) is 0.344. The van der Waals surface area contributed by atoms with E-state index >= 15 is 0 Å². The summed E-state index contributed by atoms with van der Waals surface area (Å²) in [6, 6.07) is 7.20. The highest BCUT2D eigenvalue weighted by molar-refractivity contribution is 6.53. The fraction of sp³-hybridized carbons (Fsp3) is 0.531. The first-order valence-electron chi connectivity index (χ1n) is 13.0. The Kier molecular flexibility index (Phi) is 5.75. The van der Waals surface area contributed by atoms with Gasteiger partial charge in [-0.15, -0.1) is 0 Å². The van der Waals surface area contributed by atoms with E-state index in [1.165, 1.54) is 0 Å². The van der Waals surface area contributed by atoms with Gasteiger partial charge in [0.05, 0.1) is 0 Å². The standard InChI is InChI=1S/C32H40O4/c1-29(2,3)22-13-17(14-23(27(22)35)30(4,5)6)24-25(33)18-15-20-21(16-19(18)26(34)28(24)36)32(9,10)12-11-31(20,7)8/h13-16,24,35H,11-12H2,1-10H3. The molecule has 1 N–H and O–H groups in total. The van der Waals surface area contributed by atoms with Crippen LogP contribution in [-0.4, -0.2) is 22.5 Å². The molecule has 0 aliphatic heterocycles. The van der Waals surface area contributed by atoms with E-state index in [-0.39, 0.29) is 27.9 Å². The lowest BCUT2D eigenvalue weighted by Gasteiger charge is -2.42. The Labute approximate surface area is 215 Å². The van der Waals surface area contributed by atoms with Crippen LogP contribution in [0.1, 0.15) is 137 Å². The number of benzene rings is 2. The summed E-state index contributed by atoms with van der Waals surface area (Å²) in [6.45, 7) is 20.6. The molecule has 0 amide bonds. The van der Waals surface area contributed by atoms with Crippen molar-refractivity contribution in [1.29, 1.82) is 0 Å². The van der Waals surface area contributed by atoms with Crippen molar-refractivity contribution in [2.75, 3.05) is 0 Å². The van der Waals surface area contributed by atoms with Crippen LogP contribution in [0, 0.1) is 0 Å². The molecular weight excluding hydrogens is 448 g/mol. The maximum absolute atomic E-state index is 14.0. The third kappa shape index (κ3) is 4.03. The van der Waals surface area contributed by atoms with Gasteiger partial charge in [-0.1, -0.05) is 81.4 Å². The van der Waals surface area contributed by atoms with Crippen LogP contribution in [-0.2, 0) is 26.5 Å². The molecule has 4 heteroatoms. The molecule has 0 spiro atoms. The zero-order chi connectivity index (χ0) is 27.2. The van der Waals surface area contributed by atoms with E-state index in [1.54, 1.807) is 12.1 Å². The lowest BCUT2D eigenvalue weighted by atomic mass is 9.61. The van der Waals surface area contributed by atoms with Gasteiger partial charge in [0, 0.05) is 11.1 Å². The minimum Gasteiger partial charge on any atom is -0.507 e. The zero-order valence-electron chi connectivity index (χ0n) is 23.5. The minimum absolute atomic E-state index is 0.127. The van der Waals surface area contributed by atoms with Gasteiger partial charge in [-0.2, -0.15) is 0 Å². The van der Waals surface area contributed by atoms with Gasteiger partial charge in [-0.05, 0) is 74.5 Å². The molecule has 0 saturated carbocycles. The van der Waals surface area contributed by atoms with Gasteiger partial charge >= 0.3 is 0 Å². The van der Waals surface area contributed by atoms with Crippen LogP contribution in [0.2, 0.25) is 0 Å². The monoisotopic (exact) mass is 488 g/mol. The minimum atomic E-state index is -1.20. The maximum Gasteiger partial charge on any atom is 0.230 e. The number of Topliss-reactive ketones (excluding diaryl/α,β-unsaturated/α-hetero) is 3. The van der Waals surface area contributed by atoms with Crippen LogP contribution in [0.15, 0.2) is 24.3 Å². The zero-order valence-corrected chi connectivity index (χ0v) is 23.5. The van der Waals surface area contributed by atoms with Gasteiger partial charge in [-0.3, -0.25) is 14.4 Å². The Morgan fingerprint density at radius 1 is 0.694 bits per heavy atom. The van der Waals surface area contributed by atoms with Crippen molar-refractivity contribution in [2.45, 2.75) is 110 Å². The van der Waals surface area contributed by atoms with Gasteiger partial charge in [0.25, 0.3) is 0 Å². The third-order valence-corrected chi connectivity index (χ3v) is 8.33. The number of fused-ring (bicyclic) bond motifs is 2. The summed E-state index contributed by atoms with van der Waals surface area (Å²) in [4.78, 5) is 41.0. The third-order valence-electron chi connectivity index (χ3n) is 8.33. The van der Waals surface area contributed by atoms with Gasteiger partial charge in [0.2, 0.25) is 11.6 Å². The molecule has 36 heavy (non-hydrogen) atoms. The van der Waals surface area contributed by atoms with Crippen LogP contribution in [0.3, 0.4) is 0 Å². The number of phenolic OH excluding ortho intramolecular Hbond substituents is 1. The Morgan fingerprint density at radius 3 is 1.53 bits per heavy atom. The molecule has 1 atom stereocenters. The number of phenols is 1. The van der Waals surface area contributed by atoms with Gasteiger partial charge in [0.1, 0.15) is 11.7 Å². The van der Waals surface area contributed by atoms with E-state index in [1.807, 2.05) is 53.7 Å². The van der Waals surface area contributed by atoms with Crippen molar-refractivity contribution in [3.05, 3.63) is 63.2 Å². The van der Waals surface area contributed by atoms with Crippen molar-refractivity contribution >= 4 is 17.3 Å². The van der Waals surface area contributed by atoms with Gasteiger partial charge in [0.15, 0.2) is 5.78 Å². The number of rotatable bonds is 1. The normalized spacial score (nSPS) is 21.3. The van der Waals surface area contributed by atoms with Crippen molar-refractivity contribution < 1.29 is 19.5 Å². The Bertz CT molecular complexity index is 1270. The van der Waals surface area contributed by atoms with Crippen molar-refractivity contribution in [1.82, 2.24) is 0 Å². The molecule has 0 aromatic heterocycles. The van der Waals surface area contributed by atoms with E-state index in [0.717, 1.165) is 24.0 Å². The Balaban J connectivity index is 1.97. The number of aromatic hydroxyl groups is 1. The second kappa shape index (κ2) is 7.87. The summed E-state index contributed by atoms with van der Waals surface area (Å²) in [5.41, 5.74) is 3.43. The van der Waals surface area contributed by atoms with Crippen LogP contribution >= 0.6 is 0 Å². The average Bonchev–Trinajstić information content (AvgIpc) is 2.74. The Morgan fingerprint density at radius 2 is 1.11 bits per heavy atom. The highest BCUT2D eigenvalue weighted by Gasteiger charge is 2.45. The van der Waals surface area contributed by atoms with E-state index in [9.17, 15) is 19.5 Å². The van der Waals surface area contributed by atoms with Gasteiger partial charge in [-0.25, -0.2) is 0 Å². The second-order valence-corrected chi connectivity index (χ2v) is 14.2. The molecule has 0 bridgehead atoms. The van der Waals surface area contributed by atoms with E-state index in [2.05, 4.69) is 27.7 Å². The summed E-state index contributed by atoms with van der Waals surface area (Å²) < 4.78 is 0. The molecule has 2 aliphatic carbocycles. The van der Waals surface area contributed by atoms with Crippen LogP contribution in [0.4, 0.5) is 0 Å². The molecule has 1 unspecified atom stereocenters. The molecule has 0 saturated heterocycles. The summed E-state index contributed by atoms with van der Waals surface area (Å²) in [7, 11) is 0. The number of carbonyl (C=O) groups is 3. The van der Waals surface area contributed by atoms with Crippen molar-refractivity contribution in [3.63, 3.8) is 0 Å². The van der Waals surface area contributed by atoms with Crippen molar-refractivity contribution in [3.8, 4) is 5.75 Å². The van der Waals surface area contributed by atoms with Crippen molar-refractivity contribution in [2.24, 2.45) is 0 Å². The van der Waals surface area contributed by atoms with Crippen LogP contribution < -0.4 is 0 Å². The molecular formula is C32H40O4. The lowest BCUT2D eigenvalue weighted by molar-refractivity contribution is -0.115. The van der Waals surface area contributed by atoms with Gasteiger partial charge < -0.3 is 5.11 Å². The van der Waals surface area contributed by atoms with E-state index in [4.69, 9.17) is 0 Å². The average molecular weight is 489 g/mol. The molecule has 2 aromatic carbocycles. The lowest BCUT2D eigenvalue weighted by Crippen LogP contribution is -2.39. The highest BCUT2D eigenvalue weighted by atomic mass is 16.3. The SMILES string of the molecule is CC(C)(C)c1cc(C2C(=O)C(=O)c3cc4c(cc3C2=O)C(C)(C)CCC4(C)C)cc(C(C)(C)C)c1O. The number of hydrogen-bond acceptors (Lipinski definition) is 4. The first-order valence-corrected chi connectivity index (χ1v) is 13.0. The van der Waals surface area contributed by atoms with Crippen LogP contribution in [0.5, 0.6) is 5.75 Å². The summed E-state index contributed by atoms with van der Waals surface area (Å²) in [5, 5.41) is 11.1. The molecule has 4 rings (SSSR count). The summed E-state index contributed by atoms with van der Waals surface area (Å²) >= 11 is 0. The number of carbonyl (C=O) groups excluding carboxylic acids is 3. The molecule has 4 nitrogen and oxygen atoms in total. The molecule has 0 radical (unpaired) electrons. The second-order valence-electron chi connectivity index (χ2n) is 14.2. The molecule has 192 valence electrons. The molecule has 0 heterocycles. The summed E-state index contributed by atoms with van der Waals surface area (Å²) in [6.07, 6.45) is 1.96. The summed E-state index contributed by atoms with van der Waals surface area (Å²) in [5.74, 6) is -2.64. The molecule has 2 aliphatic rings. The van der Waals surface area contributed by atoms with Crippen LogP contribution in [0.25, 0.3) is 0 Å². The molecule has 0 fully saturated rings. The van der Waals surface area contributed by atoms with E-state index in [0.29, 0.717) is 22.3 Å². The first-order chi connectivity index (χ1) is 16.3. The maximum atomic E-state index is 14.0. The number of ketones is 3. The fourth-order valence-corrected chi connectivity index (χ4v) is 5.81. The predicted molar refractivity (Wildman–Crippen MR) is 144 cm³/mol. The fourth-order valence-electron chi connectivity index (χ4n) is 5.81. The number of hydrogen-bond donors (Lipinski definition) is 1.